The Bertz CT molecular complexity index is 1550. The van der Waals surface area contributed by atoms with Gasteiger partial charge in [-0.15, -0.1) is 0 Å². The lowest BCUT2D eigenvalue weighted by atomic mass is 10.0. The van der Waals surface area contributed by atoms with Crippen LogP contribution in [0.1, 0.15) is 22.3 Å². The Labute approximate surface area is 218 Å². The number of hydrogen-bond donors (Lipinski definition) is 2. The van der Waals surface area contributed by atoms with Crippen molar-refractivity contribution in [1.82, 2.24) is 10.1 Å². The van der Waals surface area contributed by atoms with Gasteiger partial charge in [0, 0.05) is 23.7 Å². The molecular weight excluding hydrogens is 483 g/mol. The van der Waals surface area contributed by atoms with Crippen molar-refractivity contribution in [1.29, 1.82) is 0 Å². The SMILES string of the molecule is O=C(CCc1ccccc1)Nc1onc(-c2ccc(F)cc2)c1-c1ncccc1NC(=O)c1ccccc1. The van der Waals surface area contributed by atoms with Gasteiger partial charge in [-0.05, 0) is 60.5 Å². The van der Waals surface area contributed by atoms with Crippen LogP contribution in [-0.2, 0) is 11.2 Å². The Morgan fingerprint density at radius 3 is 2.24 bits per heavy atom. The predicted octanol–water partition coefficient (Wildman–Crippen LogP) is 6.37. The van der Waals surface area contributed by atoms with Crippen LogP contribution in [0.5, 0.6) is 0 Å². The van der Waals surface area contributed by atoms with Crippen molar-refractivity contribution in [2.24, 2.45) is 0 Å². The smallest absolute Gasteiger partial charge is 0.255 e. The van der Waals surface area contributed by atoms with Gasteiger partial charge < -0.3 is 9.84 Å². The summed E-state index contributed by atoms with van der Waals surface area (Å²) in [4.78, 5) is 30.3. The van der Waals surface area contributed by atoms with Gasteiger partial charge in [-0.25, -0.2) is 4.39 Å². The lowest BCUT2D eigenvalue weighted by Crippen LogP contribution is -2.14. The molecule has 38 heavy (non-hydrogen) atoms. The van der Waals surface area contributed by atoms with Crippen molar-refractivity contribution in [2.45, 2.75) is 12.8 Å². The lowest BCUT2D eigenvalue weighted by Gasteiger charge is -2.12. The number of hydrogen-bond acceptors (Lipinski definition) is 5. The van der Waals surface area contributed by atoms with E-state index in [0.29, 0.717) is 40.2 Å². The van der Waals surface area contributed by atoms with Crippen LogP contribution in [0.3, 0.4) is 0 Å². The zero-order valence-corrected chi connectivity index (χ0v) is 20.2. The van der Waals surface area contributed by atoms with Gasteiger partial charge in [0.05, 0.1) is 11.3 Å². The van der Waals surface area contributed by atoms with Crippen molar-refractivity contribution in [2.75, 3.05) is 10.6 Å². The van der Waals surface area contributed by atoms with E-state index in [2.05, 4.69) is 20.8 Å². The maximum atomic E-state index is 13.6. The van der Waals surface area contributed by atoms with Gasteiger partial charge in [-0.2, -0.15) is 0 Å². The predicted molar refractivity (Wildman–Crippen MR) is 143 cm³/mol. The van der Waals surface area contributed by atoms with Crippen LogP contribution in [0.25, 0.3) is 22.5 Å². The van der Waals surface area contributed by atoms with E-state index < -0.39 is 5.82 Å². The van der Waals surface area contributed by atoms with Crippen molar-refractivity contribution in [3.05, 3.63) is 120 Å². The van der Waals surface area contributed by atoms with E-state index in [1.807, 2.05) is 36.4 Å². The highest BCUT2D eigenvalue weighted by Crippen LogP contribution is 2.40. The number of carbonyl (C=O) groups excluding carboxylic acids is 2. The minimum atomic E-state index is -0.401. The lowest BCUT2D eigenvalue weighted by molar-refractivity contribution is -0.116. The maximum Gasteiger partial charge on any atom is 0.255 e. The highest BCUT2D eigenvalue weighted by Gasteiger charge is 2.25. The molecule has 5 aromatic rings. The zero-order chi connectivity index (χ0) is 26.3. The van der Waals surface area contributed by atoms with Crippen LogP contribution in [0.4, 0.5) is 16.0 Å². The molecular formula is C30H23FN4O3. The number of nitrogens with zero attached hydrogens (tertiary/aromatic N) is 2. The molecule has 0 aliphatic heterocycles. The molecule has 7 nitrogen and oxygen atoms in total. The largest absolute Gasteiger partial charge is 0.337 e. The van der Waals surface area contributed by atoms with Gasteiger partial charge in [0.15, 0.2) is 0 Å². The topological polar surface area (TPSA) is 97.1 Å². The van der Waals surface area contributed by atoms with E-state index in [0.717, 1.165) is 5.56 Å². The van der Waals surface area contributed by atoms with E-state index in [4.69, 9.17) is 4.52 Å². The highest BCUT2D eigenvalue weighted by atomic mass is 19.1. The van der Waals surface area contributed by atoms with Crippen LogP contribution in [0.15, 0.2) is 108 Å². The molecule has 3 aromatic carbocycles. The van der Waals surface area contributed by atoms with Crippen LogP contribution in [0, 0.1) is 5.82 Å². The first-order chi connectivity index (χ1) is 18.6. The van der Waals surface area contributed by atoms with Crippen molar-refractivity contribution >= 4 is 23.4 Å². The molecule has 0 aliphatic carbocycles. The molecule has 0 radical (unpaired) electrons. The molecule has 0 saturated carbocycles. The highest BCUT2D eigenvalue weighted by molar-refractivity contribution is 6.07. The summed E-state index contributed by atoms with van der Waals surface area (Å²) in [5.74, 6) is -0.922. The normalized spacial score (nSPS) is 10.7. The van der Waals surface area contributed by atoms with Gasteiger partial charge in [0.2, 0.25) is 11.8 Å². The van der Waals surface area contributed by atoms with Gasteiger partial charge in [0.25, 0.3) is 5.91 Å². The summed E-state index contributed by atoms with van der Waals surface area (Å²) in [5, 5.41) is 9.86. The van der Waals surface area contributed by atoms with Crippen LogP contribution >= 0.6 is 0 Å². The number of halogens is 1. The minimum Gasteiger partial charge on any atom is -0.337 e. The standard InChI is InChI=1S/C30H23FN4O3/c31-23-16-14-21(15-17-23)27-26(30(38-35-27)34-25(36)18-13-20-8-3-1-4-9-20)28-24(12-7-19-32-28)33-29(37)22-10-5-2-6-11-22/h1-12,14-17,19H,13,18H2,(H,33,37)(H,34,36). The molecule has 8 heteroatoms. The molecule has 2 N–H and O–H groups in total. The molecule has 0 saturated heterocycles. The number of anilines is 2. The molecule has 0 atom stereocenters. The van der Waals surface area contributed by atoms with Crippen molar-refractivity contribution < 1.29 is 18.5 Å². The number of aryl methyl sites for hydroxylation is 1. The Balaban J connectivity index is 1.50. The summed E-state index contributed by atoms with van der Waals surface area (Å²) in [6.45, 7) is 0. The summed E-state index contributed by atoms with van der Waals surface area (Å²) in [5.41, 5.74) is 3.51. The molecule has 2 aromatic heterocycles. The third-order valence-corrected chi connectivity index (χ3v) is 5.87. The minimum absolute atomic E-state index is 0.0799. The molecule has 5 rings (SSSR count). The molecule has 0 spiro atoms. The number of benzene rings is 3. The first kappa shape index (κ1) is 24.6. The Hall–Kier alpha value is -5.11. The number of amides is 2. The monoisotopic (exact) mass is 506 g/mol. The van der Waals surface area contributed by atoms with Crippen LogP contribution in [-0.4, -0.2) is 22.0 Å². The van der Waals surface area contributed by atoms with Crippen molar-refractivity contribution in [3.63, 3.8) is 0 Å². The second-order valence-corrected chi connectivity index (χ2v) is 8.50. The van der Waals surface area contributed by atoms with E-state index >= 15 is 0 Å². The number of rotatable bonds is 8. The maximum absolute atomic E-state index is 13.6. The summed E-state index contributed by atoms with van der Waals surface area (Å²) in [6, 6.07) is 27.6. The quantitative estimate of drug-likeness (QED) is 0.255. The second-order valence-electron chi connectivity index (χ2n) is 8.50. The summed E-state index contributed by atoms with van der Waals surface area (Å²) < 4.78 is 19.2. The summed E-state index contributed by atoms with van der Waals surface area (Å²) in [6.07, 6.45) is 2.33. The number of nitrogens with one attached hydrogen (secondary N) is 2. The second kappa shape index (κ2) is 11.3. The fourth-order valence-electron chi connectivity index (χ4n) is 3.98. The van der Waals surface area contributed by atoms with E-state index in [9.17, 15) is 14.0 Å². The number of carbonyl (C=O) groups is 2. The van der Waals surface area contributed by atoms with Gasteiger partial charge >= 0.3 is 0 Å². The van der Waals surface area contributed by atoms with Gasteiger partial charge in [-0.1, -0.05) is 53.7 Å². The molecule has 0 fully saturated rings. The number of aromatic nitrogens is 2. The number of pyridine rings is 1. The molecule has 2 amide bonds. The molecule has 188 valence electrons. The Morgan fingerprint density at radius 2 is 1.50 bits per heavy atom. The fraction of sp³-hybridized carbons (Fsp3) is 0.0667. The average molecular weight is 507 g/mol. The third-order valence-electron chi connectivity index (χ3n) is 5.87. The fourth-order valence-corrected chi connectivity index (χ4v) is 3.98. The molecule has 2 heterocycles. The Kier molecular flexibility index (Phi) is 7.31. The first-order valence-electron chi connectivity index (χ1n) is 12.0. The molecule has 0 unspecified atom stereocenters. The van der Waals surface area contributed by atoms with Crippen LogP contribution < -0.4 is 10.6 Å². The molecule has 0 aliphatic rings. The summed E-state index contributed by atoms with van der Waals surface area (Å²) in [7, 11) is 0. The van der Waals surface area contributed by atoms with E-state index in [1.54, 1.807) is 54.7 Å². The first-order valence-corrected chi connectivity index (χ1v) is 12.0. The van der Waals surface area contributed by atoms with Gasteiger partial charge in [-0.3, -0.25) is 19.9 Å². The van der Waals surface area contributed by atoms with E-state index in [1.165, 1.54) is 12.1 Å². The average Bonchev–Trinajstić information content (AvgIpc) is 3.36. The van der Waals surface area contributed by atoms with Gasteiger partial charge in [0.1, 0.15) is 17.2 Å². The third kappa shape index (κ3) is 5.65. The van der Waals surface area contributed by atoms with Crippen LogP contribution in [0.2, 0.25) is 0 Å². The summed E-state index contributed by atoms with van der Waals surface area (Å²) >= 11 is 0. The molecule has 0 bridgehead atoms. The van der Waals surface area contributed by atoms with E-state index in [-0.39, 0.29) is 24.1 Å². The zero-order valence-electron chi connectivity index (χ0n) is 20.2. The van der Waals surface area contributed by atoms with Crippen molar-refractivity contribution in [3.8, 4) is 22.5 Å². The Morgan fingerprint density at radius 1 is 0.789 bits per heavy atom.